The van der Waals surface area contributed by atoms with Crippen LogP contribution in [0.4, 0.5) is 4.39 Å². The molecule has 2 aromatic carbocycles. The van der Waals surface area contributed by atoms with Crippen molar-refractivity contribution in [1.82, 2.24) is 9.47 Å². The lowest BCUT2D eigenvalue weighted by Gasteiger charge is -2.29. The highest BCUT2D eigenvalue weighted by Crippen LogP contribution is 2.20. The number of halogens is 2. The Morgan fingerprint density at radius 3 is 2.64 bits per heavy atom. The first-order valence-electron chi connectivity index (χ1n) is 9.43. The van der Waals surface area contributed by atoms with Crippen molar-refractivity contribution in [3.63, 3.8) is 0 Å². The van der Waals surface area contributed by atoms with Gasteiger partial charge in [-0.1, -0.05) is 42.8 Å². The predicted octanol–water partition coefficient (Wildman–Crippen LogP) is 5.77. The molecule has 0 fully saturated rings. The number of carbonyl (C=O) groups is 1. The lowest BCUT2D eigenvalue weighted by molar-refractivity contribution is 0.0666. The molecule has 1 heterocycles. The van der Waals surface area contributed by atoms with Gasteiger partial charge in [0.1, 0.15) is 5.82 Å². The normalized spacial score (nSPS) is 12.0. The second kappa shape index (κ2) is 9.07. The Kier molecular flexibility index (Phi) is 6.53. The van der Waals surface area contributed by atoms with Crippen LogP contribution in [0.1, 0.15) is 41.9 Å². The number of carbonyl (C=O) groups excluding carboxylic acids is 1. The number of aromatic nitrogens is 1. The molecule has 1 aromatic heterocycles. The molecule has 1 amide bonds. The van der Waals surface area contributed by atoms with Gasteiger partial charge in [-0.15, -0.1) is 0 Å². The second-order valence-electron chi connectivity index (χ2n) is 6.92. The molecule has 3 aromatic rings. The highest BCUT2D eigenvalue weighted by Gasteiger charge is 2.22. The van der Waals surface area contributed by atoms with Crippen molar-refractivity contribution in [2.24, 2.45) is 0 Å². The zero-order valence-electron chi connectivity index (χ0n) is 16.1. The van der Waals surface area contributed by atoms with Gasteiger partial charge in [-0.05, 0) is 55.3 Å². The van der Waals surface area contributed by atoms with Crippen molar-refractivity contribution >= 4 is 17.5 Å². The molecule has 0 bridgehead atoms. The fourth-order valence-corrected chi connectivity index (χ4v) is 3.36. The van der Waals surface area contributed by atoms with Gasteiger partial charge in [-0.3, -0.25) is 4.79 Å². The van der Waals surface area contributed by atoms with E-state index >= 15 is 0 Å². The van der Waals surface area contributed by atoms with E-state index in [-0.39, 0.29) is 11.9 Å². The molecule has 0 aliphatic heterocycles. The van der Waals surface area contributed by atoms with E-state index in [9.17, 15) is 9.18 Å². The lowest BCUT2D eigenvalue weighted by Crippen LogP contribution is -2.38. The Bertz CT molecular complexity index is 953. The first kappa shape index (κ1) is 20.2. The number of hydrogen-bond donors (Lipinski definition) is 0. The number of rotatable bonds is 7. The highest BCUT2D eigenvalue weighted by atomic mass is 35.5. The van der Waals surface area contributed by atoms with Crippen molar-refractivity contribution in [2.75, 3.05) is 0 Å². The fourth-order valence-electron chi connectivity index (χ4n) is 3.17. The first-order valence-corrected chi connectivity index (χ1v) is 9.81. The summed E-state index contributed by atoms with van der Waals surface area (Å²) >= 11 is 6.30. The summed E-state index contributed by atoms with van der Waals surface area (Å²) < 4.78 is 15.7. The molecular weight excluding hydrogens is 375 g/mol. The minimum Gasteiger partial charge on any atom is -0.345 e. The third kappa shape index (κ3) is 4.63. The van der Waals surface area contributed by atoms with Crippen LogP contribution in [-0.2, 0) is 13.1 Å². The van der Waals surface area contributed by atoms with E-state index in [0.717, 1.165) is 22.7 Å². The summed E-state index contributed by atoms with van der Waals surface area (Å²) in [4.78, 5) is 14.9. The van der Waals surface area contributed by atoms with E-state index in [1.165, 1.54) is 12.1 Å². The molecule has 0 unspecified atom stereocenters. The SMILES string of the molecule is CC[C@@H](C)N(Cc1cccn1Cc1ccccc1Cl)C(=O)c1cccc(F)c1. The molecule has 0 spiro atoms. The zero-order valence-corrected chi connectivity index (χ0v) is 16.9. The minimum atomic E-state index is -0.406. The van der Waals surface area contributed by atoms with E-state index < -0.39 is 5.82 Å². The van der Waals surface area contributed by atoms with Crippen molar-refractivity contribution in [3.8, 4) is 0 Å². The van der Waals surface area contributed by atoms with Gasteiger partial charge in [0.25, 0.3) is 5.91 Å². The molecule has 1 atom stereocenters. The molecule has 0 N–H and O–H groups in total. The lowest BCUT2D eigenvalue weighted by atomic mass is 10.1. The molecule has 28 heavy (non-hydrogen) atoms. The maximum Gasteiger partial charge on any atom is 0.254 e. The van der Waals surface area contributed by atoms with E-state index in [0.29, 0.717) is 18.7 Å². The van der Waals surface area contributed by atoms with Crippen LogP contribution in [0.15, 0.2) is 66.9 Å². The molecule has 0 aliphatic rings. The second-order valence-corrected chi connectivity index (χ2v) is 7.33. The van der Waals surface area contributed by atoms with Crippen LogP contribution in [0.2, 0.25) is 5.02 Å². The van der Waals surface area contributed by atoms with Gasteiger partial charge in [-0.2, -0.15) is 0 Å². The average molecular weight is 399 g/mol. The molecule has 3 rings (SSSR count). The summed E-state index contributed by atoms with van der Waals surface area (Å²) in [5.41, 5.74) is 2.39. The molecule has 0 saturated carbocycles. The Morgan fingerprint density at radius 2 is 1.93 bits per heavy atom. The van der Waals surface area contributed by atoms with Crippen molar-refractivity contribution < 1.29 is 9.18 Å². The van der Waals surface area contributed by atoms with Crippen LogP contribution < -0.4 is 0 Å². The number of benzene rings is 2. The molecule has 0 aliphatic carbocycles. The highest BCUT2D eigenvalue weighted by molar-refractivity contribution is 6.31. The van der Waals surface area contributed by atoms with Crippen LogP contribution in [0.25, 0.3) is 0 Å². The Labute approximate surface area is 170 Å². The summed E-state index contributed by atoms with van der Waals surface area (Å²) in [6.07, 6.45) is 2.80. The van der Waals surface area contributed by atoms with E-state index in [2.05, 4.69) is 4.57 Å². The Hall–Kier alpha value is -2.59. The first-order chi connectivity index (χ1) is 13.5. The van der Waals surface area contributed by atoms with Gasteiger partial charge in [0.2, 0.25) is 0 Å². The number of amides is 1. The molecule has 146 valence electrons. The fraction of sp³-hybridized carbons (Fsp3) is 0.261. The van der Waals surface area contributed by atoms with Gasteiger partial charge >= 0.3 is 0 Å². The van der Waals surface area contributed by atoms with E-state index in [4.69, 9.17) is 11.6 Å². The summed E-state index contributed by atoms with van der Waals surface area (Å²) in [7, 11) is 0. The van der Waals surface area contributed by atoms with Crippen molar-refractivity contribution in [1.29, 1.82) is 0 Å². The smallest absolute Gasteiger partial charge is 0.254 e. The van der Waals surface area contributed by atoms with Gasteiger partial charge in [0.05, 0.1) is 6.54 Å². The molecule has 0 saturated heterocycles. The molecular formula is C23H24ClFN2O. The predicted molar refractivity (Wildman–Crippen MR) is 111 cm³/mol. The maximum absolute atomic E-state index is 13.6. The van der Waals surface area contributed by atoms with Crippen molar-refractivity contribution in [3.05, 3.63) is 94.5 Å². The zero-order chi connectivity index (χ0) is 20.1. The van der Waals surface area contributed by atoms with Crippen LogP contribution in [0.5, 0.6) is 0 Å². The average Bonchev–Trinajstić information content (AvgIpc) is 3.13. The largest absolute Gasteiger partial charge is 0.345 e. The number of nitrogens with zero attached hydrogens (tertiary/aromatic N) is 2. The minimum absolute atomic E-state index is 0.0273. The Morgan fingerprint density at radius 1 is 1.14 bits per heavy atom. The standard InChI is InChI=1S/C23H24ClFN2O/c1-3-17(2)27(23(28)18-9-6-10-20(25)14-18)16-21-11-7-13-26(21)15-19-8-4-5-12-22(19)24/h4-14,17H,3,15-16H2,1-2H3/t17-/m1/s1. The number of hydrogen-bond acceptors (Lipinski definition) is 1. The van der Waals surface area contributed by atoms with Crippen molar-refractivity contribution in [2.45, 2.75) is 39.4 Å². The van der Waals surface area contributed by atoms with Crippen LogP contribution >= 0.6 is 11.6 Å². The topological polar surface area (TPSA) is 25.2 Å². The van der Waals surface area contributed by atoms with Crippen LogP contribution in [0.3, 0.4) is 0 Å². The molecule has 5 heteroatoms. The Balaban J connectivity index is 1.85. The van der Waals surface area contributed by atoms with Crippen LogP contribution in [-0.4, -0.2) is 21.4 Å². The molecule has 3 nitrogen and oxygen atoms in total. The summed E-state index contributed by atoms with van der Waals surface area (Å²) in [6.45, 7) is 5.13. The van der Waals surface area contributed by atoms with Crippen LogP contribution in [0, 0.1) is 5.82 Å². The third-order valence-corrected chi connectivity index (χ3v) is 5.38. The quantitative estimate of drug-likeness (QED) is 0.496. The third-order valence-electron chi connectivity index (χ3n) is 5.01. The van der Waals surface area contributed by atoms with E-state index in [1.54, 1.807) is 17.0 Å². The maximum atomic E-state index is 13.6. The van der Waals surface area contributed by atoms with Gasteiger partial charge in [0.15, 0.2) is 0 Å². The monoisotopic (exact) mass is 398 g/mol. The van der Waals surface area contributed by atoms with Gasteiger partial charge in [-0.25, -0.2) is 4.39 Å². The molecule has 0 radical (unpaired) electrons. The van der Waals surface area contributed by atoms with Gasteiger partial charge in [0, 0.05) is 35.1 Å². The van der Waals surface area contributed by atoms with E-state index in [1.807, 2.05) is 56.4 Å². The summed E-state index contributed by atoms with van der Waals surface area (Å²) in [5, 5.41) is 0.719. The summed E-state index contributed by atoms with van der Waals surface area (Å²) in [5.74, 6) is -0.573. The van der Waals surface area contributed by atoms with Gasteiger partial charge < -0.3 is 9.47 Å². The summed E-state index contributed by atoms with van der Waals surface area (Å²) in [6, 6.07) is 17.6.